The zero-order valence-corrected chi connectivity index (χ0v) is 19.1. The summed E-state index contributed by atoms with van der Waals surface area (Å²) in [4.78, 5) is 13.1. The number of methoxy groups -OCH3 is 1. The highest BCUT2D eigenvalue weighted by molar-refractivity contribution is 6.76. The molecule has 1 aliphatic rings. The van der Waals surface area contributed by atoms with Gasteiger partial charge in [0, 0.05) is 28.0 Å². The van der Waals surface area contributed by atoms with Crippen LogP contribution in [-0.4, -0.2) is 45.8 Å². The van der Waals surface area contributed by atoms with Gasteiger partial charge >= 0.3 is 5.97 Å². The van der Waals surface area contributed by atoms with Crippen LogP contribution in [0.5, 0.6) is 0 Å². The van der Waals surface area contributed by atoms with Crippen molar-refractivity contribution in [1.29, 1.82) is 0 Å². The minimum absolute atomic E-state index is 0.0984. The number of allylic oxidation sites excluding steroid dienone is 1. The van der Waals surface area contributed by atoms with E-state index < -0.39 is 38.0 Å². The molecule has 0 aromatic heterocycles. The monoisotopic (exact) mass is 425 g/mol. The lowest BCUT2D eigenvalue weighted by Gasteiger charge is -2.43. The Kier molecular flexibility index (Phi) is 7.76. The molecule has 1 aromatic rings. The minimum Gasteiger partial charge on any atom is -0.464 e. The first-order valence-corrected chi connectivity index (χ1v) is 13.7. The van der Waals surface area contributed by atoms with E-state index in [1.54, 1.807) is 6.92 Å². The Bertz CT molecular complexity index is 719. The van der Waals surface area contributed by atoms with Crippen LogP contribution in [0.1, 0.15) is 31.4 Å². The fraction of sp³-hybridized carbons (Fsp3) is 0.591. The Balaban J connectivity index is 2.36. The molecule has 0 aliphatic heterocycles. The number of ether oxygens (including phenoxy) is 2. The van der Waals surface area contributed by atoms with Crippen molar-refractivity contribution in [1.82, 2.24) is 5.32 Å². The summed E-state index contributed by atoms with van der Waals surface area (Å²) in [6.45, 7) is 8.56. The third-order valence-electron chi connectivity index (χ3n) is 5.26. The van der Waals surface area contributed by atoms with Crippen molar-refractivity contribution in [2.75, 3.05) is 20.3 Å². The number of carbonyl (C=O) groups is 1. The van der Waals surface area contributed by atoms with Crippen LogP contribution in [0.4, 0.5) is 8.78 Å². The van der Waals surface area contributed by atoms with E-state index in [-0.39, 0.29) is 19.6 Å². The quantitative estimate of drug-likeness (QED) is 0.345. The molecule has 0 fully saturated rings. The highest BCUT2D eigenvalue weighted by Gasteiger charge is 2.61. The van der Waals surface area contributed by atoms with Crippen molar-refractivity contribution in [3.05, 3.63) is 47.5 Å². The molecule has 0 radical (unpaired) electrons. The third-order valence-corrected chi connectivity index (χ3v) is 6.97. The second-order valence-corrected chi connectivity index (χ2v) is 14.7. The topological polar surface area (TPSA) is 47.6 Å². The molecule has 0 heterocycles. The summed E-state index contributed by atoms with van der Waals surface area (Å²) in [5.74, 6) is -4.16. The van der Waals surface area contributed by atoms with E-state index >= 15 is 8.78 Å². The van der Waals surface area contributed by atoms with Crippen LogP contribution in [-0.2, 0) is 14.3 Å². The summed E-state index contributed by atoms with van der Waals surface area (Å²) >= 11 is 0. The summed E-state index contributed by atoms with van der Waals surface area (Å²) in [6.07, 6.45) is 0.908. The predicted molar refractivity (Wildman–Crippen MR) is 114 cm³/mol. The van der Waals surface area contributed by atoms with E-state index in [1.165, 1.54) is 13.2 Å². The van der Waals surface area contributed by atoms with Crippen LogP contribution in [0.3, 0.4) is 0 Å². The molecular formula is C22H33F2NO3Si. The molecule has 0 saturated carbocycles. The standard InChI is InChI=1S/C22H33F2NO3Si/c1-17-11-12-22(23,24)21(15-17,20(26)28-13-14-29(3,4)5)25-19(16-27-2)18-9-7-6-8-10-18/h6-11,19,25H,12-16H2,1-5H3/t19-,21-/m0/s1. The highest BCUT2D eigenvalue weighted by atomic mass is 28.3. The van der Waals surface area contributed by atoms with Gasteiger partial charge in [0.05, 0.1) is 19.3 Å². The number of esters is 1. The Morgan fingerprint density at radius 2 is 1.90 bits per heavy atom. The van der Waals surface area contributed by atoms with Crippen LogP contribution < -0.4 is 5.32 Å². The van der Waals surface area contributed by atoms with Crippen molar-refractivity contribution in [3.63, 3.8) is 0 Å². The lowest BCUT2D eigenvalue weighted by Crippen LogP contribution is -2.66. The number of hydrogen-bond acceptors (Lipinski definition) is 4. The first kappa shape index (κ1) is 23.7. The molecule has 0 unspecified atom stereocenters. The maximum atomic E-state index is 15.3. The molecule has 0 amide bonds. The van der Waals surface area contributed by atoms with Gasteiger partial charge in [-0.3, -0.25) is 5.32 Å². The van der Waals surface area contributed by atoms with Crippen molar-refractivity contribution < 1.29 is 23.0 Å². The molecule has 0 spiro atoms. The van der Waals surface area contributed by atoms with Crippen LogP contribution in [0.25, 0.3) is 0 Å². The van der Waals surface area contributed by atoms with Crippen molar-refractivity contribution in [2.24, 2.45) is 0 Å². The van der Waals surface area contributed by atoms with Crippen LogP contribution in [0.2, 0.25) is 25.7 Å². The molecule has 1 aliphatic carbocycles. The van der Waals surface area contributed by atoms with Gasteiger partial charge in [-0.2, -0.15) is 0 Å². The zero-order chi connectivity index (χ0) is 21.7. The van der Waals surface area contributed by atoms with Gasteiger partial charge in [0.1, 0.15) is 0 Å². The molecule has 29 heavy (non-hydrogen) atoms. The minimum atomic E-state index is -3.27. The SMILES string of the molecule is COC[C@H](N[C@]1(C(=O)OCC[Si](C)(C)C)CC(C)=CCC1(F)F)c1ccccc1. The first-order chi connectivity index (χ1) is 13.5. The number of rotatable bonds is 9. The average Bonchev–Trinajstić information content (AvgIpc) is 2.64. The summed E-state index contributed by atoms with van der Waals surface area (Å²) in [7, 11) is 0.0537. The molecule has 0 bridgehead atoms. The van der Waals surface area contributed by atoms with E-state index in [0.717, 1.165) is 17.2 Å². The van der Waals surface area contributed by atoms with Gasteiger partial charge in [-0.15, -0.1) is 0 Å². The smallest absolute Gasteiger partial charge is 0.333 e. The van der Waals surface area contributed by atoms with Crippen LogP contribution in [0.15, 0.2) is 42.0 Å². The third kappa shape index (κ3) is 5.96. The van der Waals surface area contributed by atoms with E-state index in [9.17, 15) is 4.79 Å². The van der Waals surface area contributed by atoms with Crippen molar-refractivity contribution in [3.8, 4) is 0 Å². The molecule has 1 N–H and O–H groups in total. The van der Waals surface area contributed by atoms with Gasteiger partial charge in [-0.25, -0.2) is 13.6 Å². The van der Waals surface area contributed by atoms with Gasteiger partial charge in [0.15, 0.2) is 5.54 Å². The molecule has 2 rings (SSSR count). The normalized spacial score (nSPS) is 22.7. The lowest BCUT2D eigenvalue weighted by atomic mass is 9.77. The number of nitrogens with one attached hydrogen (secondary N) is 1. The van der Waals surface area contributed by atoms with Gasteiger partial charge in [-0.05, 0) is 18.5 Å². The fourth-order valence-corrected chi connectivity index (χ4v) is 4.19. The molecule has 0 saturated heterocycles. The molecule has 4 nitrogen and oxygen atoms in total. The predicted octanol–water partition coefficient (Wildman–Crippen LogP) is 4.96. The Labute approximate surface area is 173 Å². The second-order valence-electron chi connectivity index (χ2n) is 9.05. The number of alkyl halides is 2. The molecule has 162 valence electrons. The lowest BCUT2D eigenvalue weighted by molar-refractivity contribution is -0.175. The van der Waals surface area contributed by atoms with E-state index in [4.69, 9.17) is 9.47 Å². The maximum absolute atomic E-state index is 15.3. The molecule has 7 heteroatoms. The number of halogens is 2. The van der Waals surface area contributed by atoms with Gasteiger partial charge in [-0.1, -0.05) is 61.6 Å². The number of benzene rings is 1. The second kappa shape index (κ2) is 9.49. The number of hydrogen-bond donors (Lipinski definition) is 1. The van der Waals surface area contributed by atoms with E-state index in [1.807, 2.05) is 30.3 Å². The van der Waals surface area contributed by atoms with Crippen LogP contribution >= 0.6 is 0 Å². The van der Waals surface area contributed by atoms with Crippen molar-refractivity contribution >= 4 is 14.0 Å². The van der Waals surface area contributed by atoms with Crippen molar-refractivity contribution in [2.45, 2.75) is 63.0 Å². The zero-order valence-electron chi connectivity index (χ0n) is 18.1. The Hall–Kier alpha value is -1.57. The first-order valence-electron chi connectivity index (χ1n) is 10.0. The number of carbonyl (C=O) groups excluding carboxylic acids is 1. The summed E-state index contributed by atoms with van der Waals surface area (Å²) in [5.41, 5.74) is -0.592. The Morgan fingerprint density at radius 3 is 2.48 bits per heavy atom. The molecule has 1 aromatic carbocycles. The fourth-order valence-electron chi connectivity index (χ4n) is 3.48. The van der Waals surface area contributed by atoms with E-state index in [0.29, 0.717) is 0 Å². The Morgan fingerprint density at radius 1 is 1.24 bits per heavy atom. The summed E-state index contributed by atoms with van der Waals surface area (Å²) < 4.78 is 41.3. The van der Waals surface area contributed by atoms with Gasteiger partial charge < -0.3 is 9.47 Å². The highest BCUT2D eigenvalue weighted by Crippen LogP contribution is 2.43. The van der Waals surface area contributed by atoms with Gasteiger partial charge in [0.2, 0.25) is 0 Å². The average molecular weight is 426 g/mol. The molecular weight excluding hydrogens is 392 g/mol. The van der Waals surface area contributed by atoms with Crippen LogP contribution in [0, 0.1) is 0 Å². The largest absolute Gasteiger partial charge is 0.464 e. The van der Waals surface area contributed by atoms with E-state index in [2.05, 4.69) is 25.0 Å². The van der Waals surface area contributed by atoms with Gasteiger partial charge in [0.25, 0.3) is 5.92 Å². The summed E-state index contributed by atoms with van der Waals surface area (Å²) in [6, 6.07) is 9.37. The molecule has 2 atom stereocenters. The maximum Gasteiger partial charge on any atom is 0.333 e. The summed E-state index contributed by atoms with van der Waals surface area (Å²) in [5, 5.41) is 2.98.